The summed E-state index contributed by atoms with van der Waals surface area (Å²) in [6, 6.07) is 2.43. The predicted molar refractivity (Wildman–Crippen MR) is 87.0 cm³/mol. The van der Waals surface area contributed by atoms with E-state index in [1.54, 1.807) is 6.08 Å². The number of carboxylic acid groups (broad SMARTS) is 1. The van der Waals surface area contributed by atoms with E-state index in [1.807, 2.05) is 6.08 Å². The van der Waals surface area contributed by atoms with Gasteiger partial charge in [0.2, 0.25) is 0 Å². The van der Waals surface area contributed by atoms with E-state index in [0.717, 1.165) is 37.0 Å². The third kappa shape index (κ3) is 5.33. The van der Waals surface area contributed by atoms with E-state index in [-0.39, 0.29) is 0 Å². The first-order valence-corrected chi connectivity index (χ1v) is 8.64. The van der Waals surface area contributed by atoms with Crippen molar-refractivity contribution in [3.63, 3.8) is 0 Å². The lowest BCUT2D eigenvalue weighted by Gasteiger charge is -2.36. The smallest absolute Gasteiger partial charge is 0.328 e. The van der Waals surface area contributed by atoms with Gasteiger partial charge in [0.15, 0.2) is 0 Å². The summed E-state index contributed by atoms with van der Waals surface area (Å²) in [5.74, 6) is 1.93. The molecule has 0 aromatic heterocycles. The highest BCUT2D eigenvalue weighted by Crippen LogP contribution is 2.41. The Balaban J connectivity index is 1.66. The molecule has 0 unspecified atom stereocenters. The van der Waals surface area contributed by atoms with Crippen molar-refractivity contribution in [1.82, 2.24) is 0 Å². The van der Waals surface area contributed by atoms with Gasteiger partial charge in [0.05, 0.1) is 6.07 Å². The predicted octanol–water partition coefficient (Wildman–Crippen LogP) is 4.71. The molecule has 2 rings (SSSR count). The van der Waals surface area contributed by atoms with E-state index in [2.05, 4.69) is 12.1 Å². The number of nitriles is 1. The molecule has 2 fully saturated rings. The van der Waals surface area contributed by atoms with Crippen molar-refractivity contribution in [2.45, 2.75) is 57.8 Å². The highest BCUT2D eigenvalue weighted by atomic mass is 16.4. The monoisotopic (exact) mass is 301 g/mol. The van der Waals surface area contributed by atoms with Gasteiger partial charge in [0, 0.05) is 12.0 Å². The normalized spacial score (nSPS) is 33.0. The zero-order chi connectivity index (χ0) is 15.8. The van der Waals surface area contributed by atoms with Gasteiger partial charge in [0.1, 0.15) is 0 Å². The molecule has 0 amide bonds. The summed E-state index contributed by atoms with van der Waals surface area (Å²) in [5, 5.41) is 17.5. The molecule has 2 aliphatic carbocycles. The molecule has 120 valence electrons. The van der Waals surface area contributed by atoms with Crippen LogP contribution in [-0.2, 0) is 4.79 Å². The third-order valence-electron chi connectivity index (χ3n) is 5.47. The minimum absolute atomic E-state index is 0.316. The summed E-state index contributed by atoms with van der Waals surface area (Å²) in [5.41, 5.74) is 0. The van der Waals surface area contributed by atoms with Crippen LogP contribution in [0.25, 0.3) is 0 Å². The van der Waals surface area contributed by atoms with Gasteiger partial charge in [-0.3, -0.25) is 0 Å². The second-order valence-corrected chi connectivity index (χ2v) is 6.88. The molecule has 0 radical (unpaired) electrons. The Kier molecular flexibility index (Phi) is 6.71. The lowest BCUT2D eigenvalue weighted by atomic mass is 9.69. The number of rotatable bonds is 5. The molecule has 22 heavy (non-hydrogen) atoms. The molecule has 0 aliphatic heterocycles. The van der Waals surface area contributed by atoms with Gasteiger partial charge in [-0.25, -0.2) is 4.79 Å². The zero-order valence-electron chi connectivity index (χ0n) is 13.3. The fourth-order valence-electron chi connectivity index (χ4n) is 4.10. The highest BCUT2D eigenvalue weighted by Gasteiger charge is 2.30. The first-order chi connectivity index (χ1) is 10.7. The van der Waals surface area contributed by atoms with E-state index in [0.29, 0.717) is 5.92 Å². The van der Waals surface area contributed by atoms with Crippen molar-refractivity contribution in [1.29, 1.82) is 5.26 Å². The van der Waals surface area contributed by atoms with Crippen LogP contribution in [0.5, 0.6) is 0 Å². The van der Waals surface area contributed by atoms with Gasteiger partial charge in [-0.1, -0.05) is 18.2 Å². The molecule has 0 aromatic carbocycles. The van der Waals surface area contributed by atoms with Crippen LogP contribution in [0, 0.1) is 35.0 Å². The van der Waals surface area contributed by atoms with Gasteiger partial charge in [-0.15, -0.1) is 0 Å². The number of allylic oxidation sites excluding steroid dienone is 3. The summed E-state index contributed by atoms with van der Waals surface area (Å²) in [4.78, 5) is 10.4. The van der Waals surface area contributed by atoms with Crippen LogP contribution < -0.4 is 0 Å². The number of hydrogen-bond donors (Lipinski definition) is 1. The van der Waals surface area contributed by atoms with Crippen molar-refractivity contribution in [3.8, 4) is 6.07 Å². The first kappa shape index (κ1) is 16.8. The maximum Gasteiger partial charge on any atom is 0.328 e. The van der Waals surface area contributed by atoms with Crippen LogP contribution in [0.2, 0.25) is 0 Å². The highest BCUT2D eigenvalue weighted by molar-refractivity contribution is 5.80. The minimum atomic E-state index is -0.892. The van der Waals surface area contributed by atoms with Crippen molar-refractivity contribution < 1.29 is 9.90 Å². The second kappa shape index (κ2) is 8.78. The van der Waals surface area contributed by atoms with E-state index < -0.39 is 5.97 Å². The zero-order valence-corrected chi connectivity index (χ0v) is 13.3. The molecule has 2 saturated carbocycles. The summed E-state index contributed by atoms with van der Waals surface area (Å²) < 4.78 is 0. The van der Waals surface area contributed by atoms with Gasteiger partial charge in [-0.2, -0.15) is 5.26 Å². The van der Waals surface area contributed by atoms with Gasteiger partial charge >= 0.3 is 5.97 Å². The number of nitrogens with zero attached hydrogens (tertiary/aromatic N) is 1. The summed E-state index contributed by atoms with van der Waals surface area (Å²) in [6.45, 7) is 0. The number of hydrogen-bond acceptors (Lipinski definition) is 2. The van der Waals surface area contributed by atoms with E-state index in [9.17, 15) is 4.79 Å². The molecular weight excluding hydrogens is 274 g/mol. The maximum absolute atomic E-state index is 10.4. The summed E-state index contributed by atoms with van der Waals surface area (Å²) in [7, 11) is 0. The van der Waals surface area contributed by atoms with Crippen LogP contribution in [0.15, 0.2) is 24.3 Å². The van der Waals surface area contributed by atoms with Gasteiger partial charge in [-0.05, 0) is 75.5 Å². The van der Waals surface area contributed by atoms with E-state index >= 15 is 0 Å². The Bertz CT molecular complexity index is 445. The molecule has 3 nitrogen and oxygen atoms in total. The molecule has 0 atom stereocenters. The molecule has 3 heteroatoms. The average molecular weight is 301 g/mol. The topological polar surface area (TPSA) is 61.1 Å². The fourth-order valence-corrected chi connectivity index (χ4v) is 4.10. The Morgan fingerprint density at radius 2 is 1.59 bits per heavy atom. The Labute approximate surface area is 133 Å². The number of carboxylic acids is 1. The quantitative estimate of drug-likeness (QED) is 0.591. The molecule has 2 aliphatic rings. The molecule has 1 N–H and O–H groups in total. The molecule has 0 aromatic rings. The molecule has 0 heterocycles. The van der Waals surface area contributed by atoms with Crippen molar-refractivity contribution in [2.24, 2.45) is 23.7 Å². The SMILES string of the molecule is N#C[C@H]1CC[C@H]([C@H]2CC[C@H](C/C=C/C=C/C(=O)O)CC2)CC1. The molecule has 0 saturated heterocycles. The standard InChI is InChI=1S/C19H27NO2/c20-14-16-8-12-18(13-9-16)17-10-6-15(7-11-17)4-2-1-3-5-19(21)22/h1-3,5,15-18H,4,6-13H2,(H,21,22)/b2-1+,5-3+/t15-,16-,17-,18-. The molecule has 0 spiro atoms. The minimum Gasteiger partial charge on any atom is -0.478 e. The lowest BCUT2D eigenvalue weighted by Crippen LogP contribution is -2.25. The summed E-state index contributed by atoms with van der Waals surface area (Å²) in [6.07, 6.45) is 17.8. The van der Waals surface area contributed by atoms with Crippen LogP contribution in [0.4, 0.5) is 0 Å². The third-order valence-corrected chi connectivity index (χ3v) is 5.47. The second-order valence-electron chi connectivity index (χ2n) is 6.88. The van der Waals surface area contributed by atoms with Crippen molar-refractivity contribution in [3.05, 3.63) is 24.3 Å². The van der Waals surface area contributed by atoms with Crippen LogP contribution in [0.3, 0.4) is 0 Å². The van der Waals surface area contributed by atoms with Gasteiger partial charge < -0.3 is 5.11 Å². The van der Waals surface area contributed by atoms with Crippen molar-refractivity contribution in [2.75, 3.05) is 0 Å². The molecule has 0 bridgehead atoms. The van der Waals surface area contributed by atoms with E-state index in [1.165, 1.54) is 44.6 Å². The largest absolute Gasteiger partial charge is 0.478 e. The lowest BCUT2D eigenvalue weighted by molar-refractivity contribution is -0.131. The van der Waals surface area contributed by atoms with E-state index in [4.69, 9.17) is 10.4 Å². The first-order valence-electron chi connectivity index (χ1n) is 8.64. The Morgan fingerprint density at radius 1 is 1.00 bits per heavy atom. The van der Waals surface area contributed by atoms with Gasteiger partial charge in [0.25, 0.3) is 0 Å². The number of aliphatic carboxylic acids is 1. The Morgan fingerprint density at radius 3 is 2.14 bits per heavy atom. The summed E-state index contributed by atoms with van der Waals surface area (Å²) >= 11 is 0. The van der Waals surface area contributed by atoms with Crippen LogP contribution >= 0.6 is 0 Å². The van der Waals surface area contributed by atoms with Crippen LogP contribution in [0.1, 0.15) is 57.8 Å². The fraction of sp³-hybridized carbons (Fsp3) is 0.684. The number of carbonyl (C=O) groups is 1. The van der Waals surface area contributed by atoms with Crippen LogP contribution in [-0.4, -0.2) is 11.1 Å². The maximum atomic E-state index is 10.4. The molecular formula is C19H27NO2. The Hall–Kier alpha value is -1.56. The van der Waals surface area contributed by atoms with Crippen molar-refractivity contribution >= 4 is 5.97 Å². The average Bonchev–Trinajstić information content (AvgIpc) is 2.55.